The van der Waals surface area contributed by atoms with Gasteiger partial charge in [0.15, 0.2) is 17.1 Å². The molecule has 0 radical (unpaired) electrons. The van der Waals surface area contributed by atoms with E-state index >= 15 is 0 Å². The molecule has 0 saturated heterocycles. The first-order valence-electron chi connectivity index (χ1n) is 21.8. The normalized spacial score (nSPS) is 12.4. The molecule has 0 atom stereocenters. The molecule has 3 heterocycles. The SMILES string of the molecule is COc1cc(N=Nc2c(SOOO)cc3c(S(=O)(=O)O)c(N=Nc4c(C)c(C#N)c5nc6ccccc6n5c4O)ccc3c2O)c(N(CCCSOOO)CCCS(=O)(=O)O)cc1N=Nc1nc2ccc(SOOO)cc2s1. The van der Waals surface area contributed by atoms with E-state index in [9.17, 15) is 46.7 Å². The van der Waals surface area contributed by atoms with Crippen molar-refractivity contribution in [3.63, 3.8) is 0 Å². The van der Waals surface area contributed by atoms with Crippen LogP contribution in [-0.4, -0.2) is 98.0 Å². The van der Waals surface area contributed by atoms with Crippen molar-refractivity contribution in [2.75, 3.05) is 36.6 Å². The van der Waals surface area contributed by atoms with Crippen LogP contribution in [0.1, 0.15) is 24.0 Å². The van der Waals surface area contributed by atoms with Crippen LogP contribution in [0, 0.1) is 18.3 Å². The van der Waals surface area contributed by atoms with Gasteiger partial charge in [0.2, 0.25) is 11.0 Å². The molecule has 0 fully saturated rings. The van der Waals surface area contributed by atoms with E-state index in [0.717, 1.165) is 47.6 Å². The number of benzene rings is 5. The summed E-state index contributed by atoms with van der Waals surface area (Å²) in [6.45, 7) is 1.55. The molecule has 8 rings (SSSR count). The highest BCUT2D eigenvalue weighted by molar-refractivity contribution is 7.95. The number of ether oxygens (including phenoxy) is 1. The van der Waals surface area contributed by atoms with Crippen LogP contribution in [-0.2, 0) is 48.4 Å². The van der Waals surface area contributed by atoms with Gasteiger partial charge in [0.1, 0.15) is 45.0 Å². The Morgan fingerprint density at radius 2 is 1.49 bits per heavy atom. The first kappa shape index (κ1) is 57.4. The maximum atomic E-state index is 13.3. The lowest BCUT2D eigenvalue weighted by molar-refractivity contribution is -0.432. The number of pyridine rings is 1. The standard InChI is InChI=1S/C43H37N11O18S6/c1-22-26(21-44)41-45-27-7-3-4-8-32(27)54(41)42(56)37(22)50-47-29-12-10-24-25(40(29)78(63,64)65)18-36(76-72-69-59)38(39(24)55)51-48-30-20-34(66-2)31(49-52-43-46-28-11-9-23(75-71-68-58)17-35(28)74-43)19-33(30)53(13-5-15-73-70-67-57)14-6-16-77(60,61)62/h3-4,7-12,17-20,55-59H,5-6,13-16H2,1-2H3,(H,60,61,62)(H,63,64,65). The van der Waals surface area contributed by atoms with Gasteiger partial charge in [-0.05, 0) is 74.4 Å². The molecule has 0 aliphatic heterocycles. The van der Waals surface area contributed by atoms with Crippen LogP contribution in [0.15, 0.2) is 118 Å². The minimum atomic E-state index is -5.28. The van der Waals surface area contributed by atoms with E-state index < -0.39 is 59.3 Å². The molecule has 78 heavy (non-hydrogen) atoms. The quantitative estimate of drug-likeness (QED) is 0.00698. The maximum Gasteiger partial charge on any atom is 0.297 e. The van der Waals surface area contributed by atoms with Gasteiger partial charge in [-0.15, -0.1) is 43.7 Å². The summed E-state index contributed by atoms with van der Waals surface area (Å²) in [5.41, 5.74) is 0.795. The van der Waals surface area contributed by atoms with Crippen molar-refractivity contribution in [2.24, 2.45) is 30.7 Å². The zero-order valence-corrected chi connectivity index (χ0v) is 44.6. The number of azo groups is 3. The van der Waals surface area contributed by atoms with Crippen molar-refractivity contribution < 1.29 is 84.8 Å². The Balaban J connectivity index is 1.24. The fourth-order valence-corrected chi connectivity index (χ4v) is 11.3. The van der Waals surface area contributed by atoms with E-state index in [0.29, 0.717) is 32.6 Å². The number of hydrogen-bond acceptors (Lipinski definition) is 30. The molecule has 7 N–H and O–H groups in total. The van der Waals surface area contributed by atoms with Crippen molar-refractivity contribution in [1.82, 2.24) is 14.4 Å². The van der Waals surface area contributed by atoms with E-state index in [1.807, 2.05) is 0 Å². The summed E-state index contributed by atoms with van der Waals surface area (Å²) in [6, 6.07) is 20.1. The number of imidazole rings is 1. The number of anilines is 1. The average molecular weight is 1190 g/mol. The molecule has 0 aliphatic rings. The summed E-state index contributed by atoms with van der Waals surface area (Å²) in [5.74, 6) is -1.63. The van der Waals surface area contributed by atoms with Crippen LogP contribution in [0.3, 0.4) is 0 Å². The Morgan fingerprint density at radius 3 is 2.22 bits per heavy atom. The largest absolute Gasteiger partial charge is 0.505 e. The number of aromatic hydroxyl groups is 2. The number of thiazole rings is 1. The molecule has 0 saturated carbocycles. The molecular formula is C43H37N11O18S6. The third kappa shape index (κ3) is 13.0. The summed E-state index contributed by atoms with van der Waals surface area (Å²) < 4.78 is 92.0. The number of methoxy groups -OCH3 is 1. The fraction of sp³-hybridized carbons (Fsp3) is 0.186. The van der Waals surface area contributed by atoms with Gasteiger partial charge in [-0.2, -0.15) is 22.1 Å². The van der Waals surface area contributed by atoms with Crippen LogP contribution in [0.4, 0.5) is 39.3 Å². The highest BCUT2D eigenvalue weighted by Crippen LogP contribution is 2.49. The smallest absolute Gasteiger partial charge is 0.297 e. The first-order chi connectivity index (χ1) is 37.5. The summed E-state index contributed by atoms with van der Waals surface area (Å²) in [5, 5.41) is 96.4. The third-order valence-corrected chi connectivity index (χ3v) is 15.5. The second-order valence-electron chi connectivity index (χ2n) is 15.7. The molecule has 35 heteroatoms. The minimum absolute atomic E-state index is 0.0246. The number of phenols is 1. The third-order valence-electron chi connectivity index (χ3n) is 11.1. The lowest BCUT2D eigenvalue weighted by atomic mass is 10.1. The Kier molecular flexibility index (Phi) is 18.6. The Morgan fingerprint density at radius 1 is 0.769 bits per heavy atom. The molecular weight excluding hydrogens is 1150 g/mol. The molecule has 408 valence electrons. The Hall–Kier alpha value is -6.80. The average Bonchev–Trinajstić information content (AvgIpc) is 4.10. The zero-order valence-electron chi connectivity index (χ0n) is 39.7. The summed E-state index contributed by atoms with van der Waals surface area (Å²) >= 11 is 2.87. The lowest BCUT2D eigenvalue weighted by Crippen LogP contribution is -2.27. The highest BCUT2D eigenvalue weighted by atomic mass is 32.2. The van der Waals surface area contributed by atoms with E-state index in [1.54, 1.807) is 47.4 Å². The maximum absolute atomic E-state index is 13.3. The number of fused-ring (bicyclic) bond motifs is 5. The predicted molar refractivity (Wildman–Crippen MR) is 281 cm³/mol. The van der Waals surface area contributed by atoms with Crippen molar-refractivity contribution in [2.45, 2.75) is 34.5 Å². The van der Waals surface area contributed by atoms with E-state index in [4.69, 9.17) is 19.6 Å². The molecule has 29 nitrogen and oxygen atoms in total. The molecule has 8 aromatic rings. The Labute approximate surface area is 455 Å². The van der Waals surface area contributed by atoms with Gasteiger partial charge in [-0.1, -0.05) is 38.6 Å². The molecule has 0 amide bonds. The fourth-order valence-electron chi connectivity index (χ4n) is 7.79. The molecule has 0 spiro atoms. The molecule has 0 unspecified atom stereocenters. The van der Waals surface area contributed by atoms with Crippen molar-refractivity contribution >= 4 is 145 Å². The topological polar surface area (TPSA) is 406 Å². The van der Waals surface area contributed by atoms with Gasteiger partial charge in [-0.3, -0.25) is 13.5 Å². The van der Waals surface area contributed by atoms with E-state index in [2.05, 4.69) is 70.5 Å². The predicted octanol–water partition coefficient (Wildman–Crippen LogP) is 11.7. The number of para-hydroxylation sites is 2. The number of nitriles is 1. The number of aromatic nitrogens is 3. The second-order valence-corrected chi connectivity index (χ2v) is 22.0. The van der Waals surface area contributed by atoms with Crippen LogP contribution >= 0.6 is 47.5 Å². The highest BCUT2D eigenvalue weighted by Gasteiger charge is 2.27. The van der Waals surface area contributed by atoms with Gasteiger partial charge in [0, 0.05) is 58.2 Å². The zero-order chi connectivity index (χ0) is 55.7. The summed E-state index contributed by atoms with van der Waals surface area (Å²) in [4.78, 5) is 9.99. The number of hydrogen-bond donors (Lipinski definition) is 7. The summed E-state index contributed by atoms with van der Waals surface area (Å²) in [7, 11) is -8.40. The number of nitrogens with zero attached hydrogens (tertiary/aromatic N) is 11. The van der Waals surface area contributed by atoms with Gasteiger partial charge in [-0.25, -0.2) is 25.7 Å². The van der Waals surface area contributed by atoms with Crippen molar-refractivity contribution in [3.05, 3.63) is 83.9 Å². The molecule has 0 bridgehead atoms. The van der Waals surface area contributed by atoms with Crippen molar-refractivity contribution in [3.8, 4) is 23.4 Å². The minimum Gasteiger partial charge on any atom is -0.505 e. The number of phenolic OH excluding ortho intramolecular Hbond substituents is 1. The number of rotatable bonds is 25. The first-order valence-corrected chi connectivity index (χ1v) is 28.0. The van der Waals surface area contributed by atoms with Gasteiger partial charge in [0.05, 0.1) is 68.8 Å². The second kappa shape index (κ2) is 25.3. The summed E-state index contributed by atoms with van der Waals surface area (Å²) in [6.07, 6.45) is 0.173. The van der Waals surface area contributed by atoms with Crippen molar-refractivity contribution in [1.29, 1.82) is 5.26 Å². The van der Waals surface area contributed by atoms with Crippen LogP contribution < -0.4 is 9.64 Å². The monoisotopic (exact) mass is 1190 g/mol. The van der Waals surface area contributed by atoms with E-state index in [1.165, 1.54) is 36.6 Å². The van der Waals surface area contributed by atoms with Crippen LogP contribution in [0.25, 0.3) is 37.7 Å². The molecule has 5 aromatic carbocycles. The van der Waals surface area contributed by atoms with Gasteiger partial charge >= 0.3 is 0 Å². The van der Waals surface area contributed by atoms with Crippen LogP contribution in [0.5, 0.6) is 17.4 Å². The van der Waals surface area contributed by atoms with Gasteiger partial charge in [0.25, 0.3) is 20.2 Å². The van der Waals surface area contributed by atoms with Gasteiger partial charge < -0.3 is 19.8 Å². The Bertz CT molecular complexity index is 3930. The van der Waals surface area contributed by atoms with Crippen LogP contribution in [0.2, 0.25) is 0 Å². The molecule has 3 aromatic heterocycles. The van der Waals surface area contributed by atoms with E-state index in [-0.39, 0.29) is 98.0 Å². The lowest BCUT2D eigenvalue weighted by Gasteiger charge is -2.26. The molecule has 0 aliphatic carbocycles.